The van der Waals surface area contributed by atoms with Crippen molar-refractivity contribution in [2.75, 3.05) is 18.8 Å². The molecular formula is C16H16ClNO2S. The van der Waals surface area contributed by atoms with Gasteiger partial charge in [-0.2, -0.15) is 11.8 Å². The minimum Gasteiger partial charge on any atom is -0.459 e. The number of carbonyl (C=O) groups is 1. The van der Waals surface area contributed by atoms with Crippen molar-refractivity contribution in [1.29, 1.82) is 0 Å². The van der Waals surface area contributed by atoms with Gasteiger partial charge in [0.1, 0.15) is 0 Å². The van der Waals surface area contributed by atoms with E-state index in [9.17, 15) is 4.79 Å². The Morgan fingerprint density at radius 1 is 1.24 bits per heavy atom. The van der Waals surface area contributed by atoms with Gasteiger partial charge < -0.3 is 9.32 Å². The van der Waals surface area contributed by atoms with E-state index in [4.69, 9.17) is 16.0 Å². The summed E-state index contributed by atoms with van der Waals surface area (Å²) in [6.45, 7) is 1.47. The molecule has 2 heterocycles. The largest absolute Gasteiger partial charge is 0.459 e. The number of furan rings is 1. The molecule has 1 aliphatic rings. The van der Waals surface area contributed by atoms with Gasteiger partial charge in [0.25, 0.3) is 5.91 Å². The fraction of sp³-hybridized carbons (Fsp3) is 0.312. The molecule has 1 aromatic carbocycles. The van der Waals surface area contributed by atoms with Crippen LogP contribution in [0, 0.1) is 0 Å². The van der Waals surface area contributed by atoms with Gasteiger partial charge in [0.2, 0.25) is 0 Å². The predicted molar refractivity (Wildman–Crippen MR) is 85.9 cm³/mol. The number of amides is 1. The molecule has 1 aliphatic heterocycles. The van der Waals surface area contributed by atoms with Crippen molar-refractivity contribution in [3.05, 3.63) is 59.0 Å². The molecule has 2 aromatic rings. The van der Waals surface area contributed by atoms with Gasteiger partial charge in [0, 0.05) is 29.1 Å². The van der Waals surface area contributed by atoms with E-state index in [-0.39, 0.29) is 5.91 Å². The monoisotopic (exact) mass is 321 g/mol. The number of hydrogen-bond acceptors (Lipinski definition) is 3. The van der Waals surface area contributed by atoms with Crippen LogP contribution in [0.25, 0.3) is 0 Å². The Balaban J connectivity index is 1.70. The van der Waals surface area contributed by atoms with Gasteiger partial charge in [-0.15, -0.1) is 0 Å². The molecule has 1 amide bonds. The molecular weight excluding hydrogens is 306 g/mol. The van der Waals surface area contributed by atoms with E-state index in [2.05, 4.69) is 6.07 Å². The molecule has 0 radical (unpaired) electrons. The van der Waals surface area contributed by atoms with Crippen molar-refractivity contribution in [3.63, 3.8) is 0 Å². The van der Waals surface area contributed by atoms with E-state index in [1.165, 1.54) is 6.26 Å². The number of benzene rings is 1. The standard InChI is InChI=1S/C16H16ClNO2S/c17-13-5-2-1-4-12(13)15-7-8-18(9-11-21-15)16(19)14-6-3-10-20-14/h1-6,10,15H,7-9,11H2/t15-/m1/s1. The van der Waals surface area contributed by atoms with Crippen molar-refractivity contribution in [2.24, 2.45) is 0 Å². The maximum atomic E-state index is 12.3. The average Bonchev–Trinajstić information content (AvgIpc) is 2.92. The summed E-state index contributed by atoms with van der Waals surface area (Å²) < 4.78 is 5.20. The number of thioether (sulfide) groups is 1. The molecule has 110 valence electrons. The van der Waals surface area contributed by atoms with Crippen LogP contribution in [0.3, 0.4) is 0 Å². The van der Waals surface area contributed by atoms with Crippen molar-refractivity contribution in [3.8, 4) is 0 Å². The first-order valence-corrected chi connectivity index (χ1v) is 8.37. The summed E-state index contributed by atoms with van der Waals surface area (Å²) in [5.74, 6) is 1.29. The minimum absolute atomic E-state index is 0.0274. The zero-order valence-corrected chi connectivity index (χ0v) is 13.1. The van der Waals surface area contributed by atoms with E-state index in [1.807, 2.05) is 34.9 Å². The molecule has 5 heteroatoms. The summed E-state index contributed by atoms with van der Waals surface area (Å²) in [6, 6.07) is 11.4. The van der Waals surface area contributed by atoms with Gasteiger partial charge in [0.05, 0.1) is 6.26 Å². The quantitative estimate of drug-likeness (QED) is 0.829. The summed E-state index contributed by atoms with van der Waals surface area (Å²) in [5.41, 5.74) is 1.16. The lowest BCUT2D eigenvalue weighted by Gasteiger charge is -2.19. The highest BCUT2D eigenvalue weighted by Crippen LogP contribution is 2.37. The third kappa shape index (κ3) is 3.27. The first kappa shape index (κ1) is 14.5. The molecule has 3 nitrogen and oxygen atoms in total. The number of carbonyl (C=O) groups excluding carboxylic acids is 1. The lowest BCUT2D eigenvalue weighted by atomic mass is 10.1. The van der Waals surface area contributed by atoms with E-state index in [0.29, 0.717) is 11.0 Å². The molecule has 0 spiro atoms. The van der Waals surface area contributed by atoms with Gasteiger partial charge in [0.15, 0.2) is 5.76 Å². The van der Waals surface area contributed by atoms with Crippen LogP contribution in [-0.2, 0) is 0 Å². The maximum absolute atomic E-state index is 12.3. The second kappa shape index (κ2) is 6.58. The lowest BCUT2D eigenvalue weighted by molar-refractivity contribution is 0.0734. The smallest absolute Gasteiger partial charge is 0.289 e. The average molecular weight is 322 g/mol. The normalized spacial score (nSPS) is 19.3. The molecule has 1 atom stereocenters. The first-order valence-electron chi connectivity index (χ1n) is 6.94. The molecule has 3 rings (SSSR count). The van der Waals surface area contributed by atoms with Gasteiger partial charge in [-0.25, -0.2) is 0 Å². The molecule has 1 aromatic heterocycles. The Hall–Kier alpha value is -1.39. The van der Waals surface area contributed by atoms with E-state index in [1.54, 1.807) is 12.1 Å². The zero-order chi connectivity index (χ0) is 14.7. The molecule has 1 fully saturated rings. The fourth-order valence-electron chi connectivity index (χ4n) is 2.51. The third-order valence-electron chi connectivity index (χ3n) is 3.61. The maximum Gasteiger partial charge on any atom is 0.289 e. The minimum atomic E-state index is -0.0274. The summed E-state index contributed by atoms with van der Waals surface area (Å²) in [6.07, 6.45) is 2.44. The third-order valence-corrected chi connectivity index (χ3v) is 5.27. The van der Waals surface area contributed by atoms with Gasteiger partial charge in [-0.1, -0.05) is 29.8 Å². The Morgan fingerprint density at radius 3 is 2.86 bits per heavy atom. The molecule has 0 bridgehead atoms. The molecule has 0 N–H and O–H groups in total. The number of halogens is 1. The van der Waals surface area contributed by atoms with Crippen LogP contribution in [0.2, 0.25) is 5.02 Å². The Labute approximate surface area is 133 Å². The van der Waals surface area contributed by atoms with Gasteiger partial charge in [-0.3, -0.25) is 4.79 Å². The summed E-state index contributed by atoms with van der Waals surface area (Å²) in [5, 5.41) is 1.15. The van der Waals surface area contributed by atoms with Crippen molar-refractivity contribution >= 4 is 29.3 Å². The Kier molecular flexibility index (Phi) is 4.56. The molecule has 0 aliphatic carbocycles. The van der Waals surface area contributed by atoms with Gasteiger partial charge >= 0.3 is 0 Å². The Morgan fingerprint density at radius 2 is 2.10 bits per heavy atom. The molecule has 1 saturated heterocycles. The van der Waals surface area contributed by atoms with Crippen LogP contribution in [0.15, 0.2) is 47.1 Å². The van der Waals surface area contributed by atoms with Crippen LogP contribution in [0.1, 0.15) is 27.8 Å². The molecule has 21 heavy (non-hydrogen) atoms. The first-order chi connectivity index (χ1) is 10.3. The zero-order valence-electron chi connectivity index (χ0n) is 11.5. The van der Waals surface area contributed by atoms with Crippen LogP contribution >= 0.6 is 23.4 Å². The highest BCUT2D eigenvalue weighted by molar-refractivity contribution is 7.99. The van der Waals surface area contributed by atoms with Crippen LogP contribution < -0.4 is 0 Å². The topological polar surface area (TPSA) is 33.5 Å². The highest BCUT2D eigenvalue weighted by atomic mass is 35.5. The van der Waals surface area contributed by atoms with Crippen molar-refractivity contribution in [2.45, 2.75) is 11.7 Å². The van der Waals surface area contributed by atoms with Crippen molar-refractivity contribution in [1.82, 2.24) is 4.90 Å². The van der Waals surface area contributed by atoms with E-state index >= 15 is 0 Å². The van der Waals surface area contributed by atoms with Crippen LogP contribution in [0.5, 0.6) is 0 Å². The predicted octanol–water partition coefficient (Wildman–Crippen LogP) is 4.25. The summed E-state index contributed by atoms with van der Waals surface area (Å²) >= 11 is 8.14. The van der Waals surface area contributed by atoms with E-state index < -0.39 is 0 Å². The molecule has 0 saturated carbocycles. The van der Waals surface area contributed by atoms with Crippen molar-refractivity contribution < 1.29 is 9.21 Å². The second-order valence-electron chi connectivity index (χ2n) is 4.94. The second-order valence-corrected chi connectivity index (χ2v) is 6.66. The summed E-state index contributed by atoms with van der Waals surface area (Å²) in [7, 11) is 0. The van der Waals surface area contributed by atoms with Crippen LogP contribution in [0.4, 0.5) is 0 Å². The van der Waals surface area contributed by atoms with Crippen LogP contribution in [-0.4, -0.2) is 29.6 Å². The number of nitrogens with zero attached hydrogens (tertiary/aromatic N) is 1. The lowest BCUT2D eigenvalue weighted by Crippen LogP contribution is -2.32. The fourth-order valence-corrected chi connectivity index (χ4v) is 4.11. The summed E-state index contributed by atoms with van der Waals surface area (Å²) in [4.78, 5) is 14.2. The molecule has 0 unspecified atom stereocenters. The van der Waals surface area contributed by atoms with E-state index in [0.717, 1.165) is 35.8 Å². The number of hydrogen-bond donors (Lipinski definition) is 0. The van der Waals surface area contributed by atoms with Gasteiger partial charge in [-0.05, 0) is 30.2 Å². The Bertz CT molecular complexity index is 614. The SMILES string of the molecule is O=C(c1ccco1)N1CCS[C@@H](c2ccccc2Cl)CC1. The number of rotatable bonds is 2. The highest BCUT2D eigenvalue weighted by Gasteiger charge is 2.24.